The van der Waals surface area contributed by atoms with Crippen LogP contribution in [0.3, 0.4) is 0 Å². The average Bonchev–Trinajstić information content (AvgIpc) is 3.46. The number of carbonyl (C=O) groups is 1. The lowest BCUT2D eigenvalue weighted by Gasteiger charge is -2.19. The molecule has 0 saturated heterocycles. The molecule has 0 aliphatic heterocycles. The summed E-state index contributed by atoms with van der Waals surface area (Å²) < 4.78 is 10.9. The number of nitrogens with one attached hydrogen (secondary N) is 1. The number of thioether (sulfide) groups is 1. The minimum Gasteiger partial charge on any atom is -0.496 e. The summed E-state index contributed by atoms with van der Waals surface area (Å²) in [6, 6.07) is 18.4. The number of hydrogen-bond acceptors (Lipinski definition) is 5. The summed E-state index contributed by atoms with van der Waals surface area (Å²) in [5.41, 5.74) is 7.38. The van der Waals surface area contributed by atoms with Crippen molar-refractivity contribution in [2.75, 3.05) is 7.11 Å². The van der Waals surface area contributed by atoms with Gasteiger partial charge in [0.25, 0.3) is 0 Å². The van der Waals surface area contributed by atoms with E-state index in [1.807, 2.05) is 30.3 Å². The molecule has 0 bridgehead atoms. The van der Waals surface area contributed by atoms with Crippen LogP contribution in [0.2, 0.25) is 0 Å². The van der Waals surface area contributed by atoms with Gasteiger partial charge in [0, 0.05) is 17.2 Å². The fraction of sp³-hybridized carbons (Fsp3) is 0.357. The number of amides is 1. The fourth-order valence-corrected chi connectivity index (χ4v) is 4.90. The molecule has 1 N–H and O–H groups in total. The van der Waals surface area contributed by atoms with Gasteiger partial charge in [-0.25, -0.2) is 5.43 Å². The molecule has 1 aromatic heterocycles. The summed E-state index contributed by atoms with van der Waals surface area (Å²) in [7, 11) is 1.67. The molecule has 1 aliphatic rings. The van der Waals surface area contributed by atoms with E-state index in [-0.39, 0.29) is 23.2 Å². The van der Waals surface area contributed by atoms with Crippen LogP contribution in [0.15, 0.2) is 70.4 Å². The summed E-state index contributed by atoms with van der Waals surface area (Å²) in [5, 5.41) is 4.21. The standard InChI is InChI=1S/C28H32N2O3S/c1-28(2,3)22-10-8-20(9-11-22)24-15-25(24)27(31)30-29-16-19-7-12-26(32-4)21(14-19)17-34-18-23-6-5-13-33-23/h5-14,16,24-25H,15,17-18H2,1-4H3,(H,30,31)/b29-16+/t24-,25+/m1/s1. The average molecular weight is 477 g/mol. The minimum absolute atomic E-state index is 0.0120. The van der Waals surface area contributed by atoms with Crippen LogP contribution in [0.4, 0.5) is 0 Å². The van der Waals surface area contributed by atoms with E-state index in [1.165, 1.54) is 11.1 Å². The van der Waals surface area contributed by atoms with Crippen molar-refractivity contribution in [1.82, 2.24) is 5.43 Å². The van der Waals surface area contributed by atoms with Gasteiger partial charge < -0.3 is 9.15 Å². The third kappa shape index (κ3) is 6.11. The van der Waals surface area contributed by atoms with Crippen LogP contribution in [-0.2, 0) is 21.7 Å². The first-order valence-electron chi connectivity index (χ1n) is 11.6. The molecule has 178 valence electrons. The maximum Gasteiger partial charge on any atom is 0.243 e. The van der Waals surface area contributed by atoms with E-state index in [1.54, 1.807) is 31.3 Å². The maximum absolute atomic E-state index is 12.6. The summed E-state index contributed by atoms with van der Waals surface area (Å²) in [5.74, 6) is 3.62. The van der Waals surface area contributed by atoms with Crippen molar-refractivity contribution in [1.29, 1.82) is 0 Å². The quantitative estimate of drug-likeness (QED) is 0.292. The second kappa shape index (κ2) is 10.5. The topological polar surface area (TPSA) is 63.8 Å². The number of carbonyl (C=O) groups excluding carboxylic acids is 1. The minimum atomic E-state index is -0.0242. The molecule has 1 heterocycles. The highest BCUT2D eigenvalue weighted by Crippen LogP contribution is 2.47. The van der Waals surface area contributed by atoms with Gasteiger partial charge in [0.05, 0.1) is 25.3 Å². The van der Waals surface area contributed by atoms with Crippen LogP contribution in [0.5, 0.6) is 5.75 Å². The Balaban J connectivity index is 1.30. The first-order chi connectivity index (χ1) is 16.3. The maximum atomic E-state index is 12.6. The van der Waals surface area contributed by atoms with Crippen molar-refractivity contribution < 1.29 is 13.9 Å². The number of methoxy groups -OCH3 is 1. The lowest BCUT2D eigenvalue weighted by atomic mass is 9.86. The first kappa shape index (κ1) is 24.1. The van der Waals surface area contributed by atoms with Crippen molar-refractivity contribution >= 4 is 23.9 Å². The third-order valence-electron chi connectivity index (χ3n) is 6.11. The van der Waals surface area contributed by atoms with Crippen LogP contribution in [0.25, 0.3) is 0 Å². The number of rotatable bonds is 9. The highest BCUT2D eigenvalue weighted by molar-refractivity contribution is 7.97. The zero-order chi connectivity index (χ0) is 24.1. The van der Waals surface area contributed by atoms with Gasteiger partial charge in [0.15, 0.2) is 0 Å². The molecule has 1 saturated carbocycles. The largest absolute Gasteiger partial charge is 0.496 e. The summed E-state index contributed by atoms with van der Waals surface area (Å²) in [4.78, 5) is 12.6. The van der Waals surface area contributed by atoms with Crippen molar-refractivity contribution in [3.05, 3.63) is 88.9 Å². The van der Waals surface area contributed by atoms with Crippen molar-refractivity contribution in [2.24, 2.45) is 11.0 Å². The molecule has 0 radical (unpaired) electrons. The zero-order valence-electron chi connectivity index (χ0n) is 20.2. The number of hydrazone groups is 1. The Hall–Kier alpha value is -2.99. The van der Waals surface area contributed by atoms with Gasteiger partial charge in [-0.3, -0.25) is 4.79 Å². The van der Waals surface area contributed by atoms with Crippen molar-refractivity contribution in [2.45, 2.75) is 50.0 Å². The van der Waals surface area contributed by atoms with Crippen LogP contribution in [0, 0.1) is 5.92 Å². The molecule has 5 nitrogen and oxygen atoms in total. The molecule has 1 aliphatic carbocycles. The Kier molecular flexibility index (Phi) is 7.47. The Morgan fingerprint density at radius 3 is 2.65 bits per heavy atom. The number of nitrogens with zero attached hydrogens (tertiary/aromatic N) is 1. The second-order valence-electron chi connectivity index (χ2n) is 9.70. The van der Waals surface area contributed by atoms with Crippen LogP contribution in [-0.4, -0.2) is 19.2 Å². The van der Waals surface area contributed by atoms with Crippen LogP contribution < -0.4 is 10.2 Å². The van der Waals surface area contributed by atoms with E-state index in [2.05, 4.69) is 55.6 Å². The lowest BCUT2D eigenvalue weighted by Crippen LogP contribution is -2.20. The molecule has 1 amide bonds. The molecule has 1 fully saturated rings. The van der Waals surface area contributed by atoms with Crippen molar-refractivity contribution in [3.63, 3.8) is 0 Å². The molecule has 6 heteroatoms. The fourth-order valence-electron chi connectivity index (χ4n) is 3.98. The Morgan fingerprint density at radius 2 is 1.97 bits per heavy atom. The molecule has 3 aromatic rings. The second-order valence-corrected chi connectivity index (χ2v) is 10.7. The van der Waals surface area contributed by atoms with E-state index in [0.29, 0.717) is 0 Å². The summed E-state index contributed by atoms with van der Waals surface area (Å²) in [6.07, 6.45) is 4.25. The van der Waals surface area contributed by atoms with E-state index >= 15 is 0 Å². The highest BCUT2D eigenvalue weighted by Gasteiger charge is 2.44. The number of furan rings is 1. The Bertz CT molecular complexity index is 1130. The molecule has 0 spiro atoms. The summed E-state index contributed by atoms with van der Waals surface area (Å²) in [6.45, 7) is 6.62. The SMILES string of the molecule is COc1ccc(/C=N/NC(=O)[C@H]2C[C@@H]2c2ccc(C(C)(C)C)cc2)cc1CSCc1ccco1. The van der Waals surface area contributed by atoms with Gasteiger partial charge >= 0.3 is 0 Å². The van der Waals surface area contributed by atoms with Gasteiger partial charge in [0.1, 0.15) is 11.5 Å². The van der Waals surface area contributed by atoms with E-state index in [4.69, 9.17) is 9.15 Å². The van der Waals surface area contributed by atoms with Gasteiger partial charge in [-0.1, -0.05) is 45.0 Å². The molecular formula is C28H32N2O3S. The molecule has 2 atom stereocenters. The van der Waals surface area contributed by atoms with Gasteiger partial charge in [0.2, 0.25) is 5.91 Å². The van der Waals surface area contributed by atoms with E-state index in [0.717, 1.165) is 40.6 Å². The predicted molar refractivity (Wildman–Crippen MR) is 138 cm³/mol. The van der Waals surface area contributed by atoms with Gasteiger partial charge in [-0.05, 0) is 64.8 Å². The Labute approximate surface area is 206 Å². The molecule has 0 unspecified atom stereocenters. The summed E-state index contributed by atoms with van der Waals surface area (Å²) >= 11 is 1.76. The highest BCUT2D eigenvalue weighted by atomic mass is 32.2. The third-order valence-corrected chi connectivity index (χ3v) is 7.11. The van der Waals surface area contributed by atoms with Crippen molar-refractivity contribution in [3.8, 4) is 5.75 Å². The van der Waals surface area contributed by atoms with Crippen LogP contribution in [0.1, 0.15) is 61.1 Å². The number of benzene rings is 2. The normalized spacial score (nSPS) is 17.6. The monoisotopic (exact) mass is 476 g/mol. The zero-order valence-corrected chi connectivity index (χ0v) is 21.0. The molecular weight excluding hydrogens is 444 g/mol. The molecule has 34 heavy (non-hydrogen) atoms. The number of hydrogen-bond donors (Lipinski definition) is 1. The van der Waals surface area contributed by atoms with Gasteiger partial charge in [-0.2, -0.15) is 5.10 Å². The van der Waals surface area contributed by atoms with E-state index in [9.17, 15) is 4.79 Å². The smallest absolute Gasteiger partial charge is 0.243 e. The first-order valence-corrected chi connectivity index (χ1v) is 12.7. The Morgan fingerprint density at radius 1 is 1.18 bits per heavy atom. The molecule has 2 aromatic carbocycles. The van der Waals surface area contributed by atoms with Crippen LogP contribution >= 0.6 is 11.8 Å². The predicted octanol–water partition coefficient (Wildman–Crippen LogP) is 6.27. The van der Waals surface area contributed by atoms with E-state index < -0.39 is 0 Å². The lowest BCUT2D eigenvalue weighted by molar-refractivity contribution is -0.122. The molecule has 4 rings (SSSR count). The number of ether oxygens (including phenoxy) is 1. The van der Waals surface area contributed by atoms with Gasteiger partial charge in [-0.15, -0.1) is 11.8 Å².